The van der Waals surface area contributed by atoms with E-state index in [1.165, 1.54) is 24.8 Å². The Hall–Kier alpha value is -1.26. The van der Waals surface area contributed by atoms with Crippen molar-refractivity contribution in [1.29, 1.82) is 0 Å². The number of carbonyl (C=O) groups is 1. The van der Waals surface area contributed by atoms with E-state index in [0.717, 1.165) is 31.7 Å². The van der Waals surface area contributed by atoms with Gasteiger partial charge in [0.2, 0.25) is 5.91 Å². The second kappa shape index (κ2) is 8.02. The van der Waals surface area contributed by atoms with E-state index in [-0.39, 0.29) is 23.7 Å². The van der Waals surface area contributed by atoms with E-state index in [0.29, 0.717) is 12.5 Å². The molecule has 0 aromatic heterocycles. The Morgan fingerprint density at radius 3 is 2.87 bits per heavy atom. The van der Waals surface area contributed by atoms with Crippen LogP contribution >= 0.6 is 12.4 Å². The van der Waals surface area contributed by atoms with Crippen LogP contribution in [-0.4, -0.2) is 32.7 Å². The van der Waals surface area contributed by atoms with Crippen LogP contribution in [0.5, 0.6) is 5.75 Å². The van der Waals surface area contributed by atoms with Crippen molar-refractivity contribution >= 4 is 18.3 Å². The summed E-state index contributed by atoms with van der Waals surface area (Å²) in [5, 5.41) is 6.61. The predicted octanol–water partition coefficient (Wildman–Crippen LogP) is 2.56. The van der Waals surface area contributed by atoms with Crippen LogP contribution < -0.4 is 15.4 Å². The van der Waals surface area contributed by atoms with E-state index in [4.69, 9.17) is 4.74 Å². The molecule has 4 nitrogen and oxygen atoms in total. The number of hydrogen-bond donors (Lipinski definition) is 2. The second-order valence-electron chi connectivity index (χ2n) is 6.58. The summed E-state index contributed by atoms with van der Waals surface area (Å²) in [6.45, 7) is 2.57. The van der Waals surface area contributed by atoms with Crippen molar-refractivity contribution in [2.24, 2.45) is 11.3 Å². The highest BCUT2D eigenvalue weighted by molar-refractivity contribution is 5.85. The zero-order valence-corrected chi connectivity index (χ0v) is 14.6. The quantitative estimate of drug-likeness (QED) is 0.867. The summed E-state index contributed by atoms with van der Waals surface area (Å²) in [6, 6.07) is 8.05. The maximum absolute atomic E-state index is 12.7. The lowest BCUT2D eigenvalue weighted by molar-refractivity contribution is -0.133. The summed E-state index contributed by atoms with van der Waals surface area (Å²) in [6.07, 6.45) is 5.55. The number of carbonyl (C=O) groups excluding carboxylic acids is 1. The maximum atomic E-state index is 12.7. The SMILES string of the molecule is COc1ccc(CCNC(=O)[C@@]23CCCC[C@H]2CNC3)cc1.Cl. The molecular weight excluding hydrogens is 312 g/mol. The second-order valence-corrected chi connectivity index (χ2v) is 6.58. The van der Waals surface area contributed by atoms with Gasteiger partial charge in [-0.25, -0.2) is 0 Å². The first-order valence-corrected chi connectivity index (χ1v) is 8.36. The van der Waals surface area contributed by atoms with E-state index >= 15 is 0 Å². The summed E-state index contributed by atoms with van der Waals surface area (Å²) in [7, 11) is 1.67. The van der Waals surface area contributed by atoms with Crippen LogP contribution in [0.25, 0.3) is 0 Å². The minimum atomic E-state index is -0.141. The Morgan fingerprint density at radius 1 is 1.35 bits per heavy atom. The molecule has 2 aliphatic rings. The van der Waals surface area contributed by atoms with Crippen molar-refractivity contribution in [1.82, 2.24) is 10.6 Å². The van der Waals surface area contributed by atoms with E-state index < -0.39 is 0 Å². The summed E-state index contributed by atoms with van der Waals surface area (Å²) in [5.41, 5.74) is 1.08. The first kappa shape index (κ1) is 18.1. The minimum absolute atomic E-state index is 0. The van der Waals surface area contributed by atoms with Gasteiger partial charge in [-0.1, -0.05) is 25.0 Å². The zero-order chi connectivity index (χ0) is 15.4. The molecule has 0 spiro atoms. The number of benzene rings is 1. The molecule has 23 heavy (non-hydrogen) atoms. The van der Waals surface area contributed by atoms with Crippen molar-refractivity contribution in [2.45, 2.75) is 32.1 Å². The lowest BCUT2D eigenvalue weighted by atomic mass is 9.67. The molecule has 1 heterocycles. The van der Waals surface area contributed by atoms with Crippen molar-refractivity contribution in [3.05, 3.63) is 29.8 Å². The molecule has 1 amide bonds. The van der Waals surface area contributed by atoms with Gasteiger partial charge in [-0.15, -0.1) is 12.4 Å². The molecular formula is C18H27ClN2O2. The number of rotatable bonds is 5. The normalized spacial score (nSPS) is 26.0. The van der Waals surface area contributed by atoms with E-state index in [1.807, 2.05) is 12.1 Å². The van der Waals surface area contributed by atoms with Gasteiger partial charge in [-0.2, -0.15) is 0 Å². The Morgan fingerprint density at radius 2 is 2.13 bits per heavy atom. The Balaban J connectivity index is 0.00000192. The molecule has 0 unspecified atom stereocenters. The van der Waals surface area contributed by atoms with Crippen LogP contribution in [0.4, 0.5) is 0 Å². The summed E-state index contributed by atoms with van der Waals surface area (Å²) >= 11 is 0. The average Bonchev–Trinajstić information content (AvgIpc) is 3.00. The Kier molecular flexibility index (Phi) is 6.31. The number of ether oxygens (including phenoxy) is 1. The van der Waals surface area contributed by atoms with Crippen LogP contribution in [0.2, 0.25) is 0 Å². The minimum Gasteiger partial charge on any atom is -0.497 e. The van der Waals surface area contributed by atoms with E-state index in [1.54, 1.807) is 7.11 Å². The third kappa shape index (κ3) is 3.81. The van der Waals surface area contributed by atoms with Gasteiger partial charge < -0.3 is 15.4 Å². The standard InChI is InChI=1S/C18H26N2O2.ClH/c1-22-16-7-5-14(6-8-16)9-11-20-17(21)18-10-3-2-4-15(18)12-19-13-18;/h5-8,15,19H,2-4,9-13H2,1H3,(H,20,21);1H/t15-,18+;/m0./s1. The molecule has 5 heteroatoms. The van der Waals surface area contributed by atoms with Gasteiger partial charge in [0.1, 0.15) is 5.75 Å². The van der Waals surface area contributed by atoms with Gasteiger partial charge >= 0.3 is 0 Å². The van der Waals surface area contributed by atoms with Gasteiger partial charge in [0, 0.05) is 13.1 Å². The average molecular weight is 339 g/mol. The molecule has 0 radical (unpaired) electrons. The monoisotopic (exact) mass is 338 g/mol. The van der Waals surface area contributed by atoms with Gasteiger partial charge in [0.25, 0.3) is 0 Å². The highest BCUT2D eigenvalue weighted by Gasteiger charge is 2.49. The maximum Gasteiger partial charge on any atom is 0.227 e. The molecule has 1 aromatic rings. The van der Waals surface area contributed by atoms with Crippen LogP contribution in [0.3, 0.4) is 0 Å². The topological polar surface area (TPSA) is 50.4 Å². The number of methoxy groups -OCH3 is 1. The number of nitrogens with one attached hydrogen (secondary N) is 2. The molecule has 1 aromatic carbocycles. The van der Waals surface area contributed by atoms with Crippen molar-refractivity contribution in [3.63, 3.8) is 0 Å². The molecule has 2 fully saturated rings. The predicted molar refractivity (Wildman–Crippen MR) is 94.2 cm³/mol. The lowest BCUT2D eigenvalue weighted by Crippen LogP contribution is -2.48. The van der Waals surface area contributed by atoms with Crippen LogP contribution in [0.1, 0.15) is 31.2 Å². The first-order chi connectivity index (χ1) is 10.7. The van der Waals surface area contributed by atoms with E-state index in [2.05, 4.69) is 22.8 Å². The third-order valence-corrected chi connectivity index (χ3v) is 5.35. The lowest BCUT2D eigenvalue weighted by Gasteiger charge is -2.37. The number of fused-ring (bicyclic) bond motifs is 1. The van der Waals surface area contributed by atoms with Crippen molar-refractivity contribution < 1.29 is 9.53 Å². The van der Waals surface area contributed by atoms with Crippen molar-refractivity contribution in [3.8, 4) is 5.75 Å². The summed E-state index contributed by atoms with van der Waals surface area (Å²) in [4.78, 5) is 12.7. The Bertz CT molecular complexity index is 520. The van der Waals surface area contributed by atoms with Gasteiger partial charge in [-0.3, -0.25) is 4.79 Å². The molecule has 2 N–H and O–H groups in total. The van der Waals surface area contributed by atoms with Gasteiger partial charge in [0.05, 0.1) is 12.5 Å². The summed E-state index contributed by atoms with van der Waals surface area (Å²) < 4.78 is 5.16. The van der Waals surface area contributed by atoms with Crippen molar-refractivity contribution in [2.75, 3.05) is 26.7 Å². The third-order valence-electron chi connectivity index (χ3n) is 5.35. The first-order valence-electron chi connectivity index (χ1n) is 8.36. The van der Waals surface area contributed by atoms with Gasteiger partial charge in [-0.05, 0) is 49.4 Å². The zero-order valence-electron chi connectivity index (χ0n) is 13.8. The van der Waals surface area contributed by atoms with Gasteiger partial charge in [0.15, 0.2) is 0 Å². The fourth-order valence-electron chi connectivity index (χ4n) is 3.98. The Labute approximate surface area is 144 Å². The molecule has 2 atom stereocenters. The molecule has 1 aliphatic carbocycles. The molecule has 0 bridgehead atoms. The highest BCUT2D eigenvalue weighted by Crippen LogP contribution is 2.43. The highest BCUT2D eigenvalue weighted by atomic mass is 35.5. The number of hydrogen-bond acceptors (Lipinski definition) is 3. The fraction of sp³-hybridized carbons (Fsp3) is 0.611. The largest absolute Gasteiger partial charge is 0.497 e. The van der Waals surface area contributed by atoms with Crippen LogP contribution in [0, 0.1) is 11.3 Å². The molecule has 128 valence electrons. The number of amides is 1. The fourth-order valence-corrected chi connectivity index (χ4v) is 3.98. The molecule has 1 saturated carbocycles. The molecule has 1 aliphatic heterocycles. The molecule has 3 rings (SSSR count). The van der Waals surface area contributed by atoms with Crippen LogP contribution in [0.15, 0.2) is 24.3 Å². The van der Waals surface area contributed by atoms with E-state index in [9.17, 15) is 4.79 Å². The number of halogens is 1. The summed E-state index contributed by atoms with van der Waals surface area (Å²) in [5.74, 6) is 1.66. The molecule has 1 saturated heterocycles. The smallest absolute Gasteiger partial charge is 0.227 e. The van der Waals surface area contributed by atoms with Crippen LogP contribution in [-0.2, 0) is 11.2 Å².